The Bertz CT molecular complexity index is 700. The highest BCUT2D eigenvalue weighted by molar-refractivity contribution is 7.27. The van der Waals surface area contributed by atoms with E-state index in [0.717, 1.165) is 11.3 Å². The van der Waals surface area contributed by atoms with Crippen molar-refractivity contribution in [1.29, 1.82) is 0 Å². The number of hydrogen-bond acceptors (Lipinski definition) is 3. The van der Waals surface area contributed by atoms with Gasteiger partial charge < -0.3 is 4.74 Å². The molecule has 4 heteroatoms. The molecule has 0 fully saturated rings. The molecule has 1 nitrogen and oxygen atoms in total. The molecule has 2 aromatic heterocycles. The first-order valence-corrected chi connectivity index (χ1v) is 8.66. The van der Waals surface area contributed by atoms with Crippen LogP contribution in [0.25, 0.3) is 9.40 Å². The molecule has 0 aliphatic heterocycles. The van der Waals surface area contributed by atoms with Crippen LogP contribution in [0.4, 0.5) is 0 Å². The molecule has 104 valence electrons. The van der Waals surface area contributed by atoms with Gasteiger partial charge in [-0.3, -0.25) is 0 Å². The van der Waals surface area contributed by atoms with Crippen LogP contribution in [0.15, 0.2) is 35.7 Å². The maximum atomic E-state index is 6.71. The van der Waals surface area contributed by atoms with Gasteiger partial charge in [-0.1, -0.05) is 17.7 Å². The smallest absolute Gasteiger partial charge is 0.124 e. The summed E-state index contributed by atoms with van der Waals surface area (Å²) in [7, 11) is 0. The molecule has 0 amide bonds. The summed E-state index contributed by atoms with van der Waals surface area (Å²) in [6.07, 6.45) is 0. The van der Waals surface area contributed by atoms with Crippen molar-refractivity contribution in [2.75, 3.05) is 6.61 Å². The molecule has 0 radical (unpaired) electrons. The lowest BCUT2D eigenvalue weighted by molar-refractivity contribution is 0.337. The van der Waals surface area contributed by atoms with E-state index in [1.807, 2.05) is 13.0 Å². The predicted octanol–water partition coefficient (Wildman–Crippen LogP) is 6.00. The van der Waals surface area contributed by atoms with E-state index in [1.165, 1.54) is 19.8 Å². The van der Waals surface area contributed by atoms with E-state index < -0.39 is 0 Å². The summed E-state index contributed by atoms with van der Waals surface area (Å²) < 4.78 is 8.33. The van der Waals surface area contributed by atoms with Crippen LogP contribution in [-0.2, 0) is 0 Å². The molecule has 1 aromatic carbocycles. The predicted molar refractivity (Wildman–Crippen MR) is 89.7 cm³/mol. The highest BCUT2D eigenvalue weighted by Crippen LogP contribution is 2.42. The van der Waals surface area contributed by atoms with Crippen LogP contribution >= 0.6 is 34.3 Å². The van der Waals surface area contributed by atoms with Crippen LogP contribution in [0.5, 0.6) is 5.75 Å². The largest absolute Gasteiger partial charge is 0.494 e. The maximum absolute atomic E-state index is 6.71. The van der Waals surface area contributed by atoms with Crippen molar-refractivity contribution in [2.24, 2.45) is 0 Å². The van der Waals surface area contributed by atoms with Crippen molar-refractivity contribution in [3.05, 3.63) is 51.7 Å². The molecule has 0 bridgehead atoms. The van der Waals surface area contributed by atoms with Crippen molar-refractivity contribution < 1.29 is 4.74 Å². The molecule has 0 aliphatic rings. The number of ether oxygens (including phenoxy) is 1. The summed E-state index contributed by atoms with van der Waals surface area (Å²) in [5.41, 5.74) is 2.26. The fourth-order valence-corrected chi connectivity index (χ4v) is 4.70. The van der Waals surface area contributed by atoms with E-state index in [-0.39, 0.29) is 5.38 Å². The normalized spacial score (nSPS) is 12.8. The molecule has 0 spiro atoms. The molecule has 20 heavy (non-hydrogen) atoms. The molecule has 0 aliphatic carbocycles. The van der Waals surface area contributed by atoms with Crippen molar-refractivity contribution in [1.82, 2.24) is 0 Å². The molecule has 3 aromatic rings. The third-order valence-corrected chi connectivity index (χ3v) is 5.90. The minimum atomic E-state index is -0.152. The lowest BCUT2D eigenvalue weighted by Crippen LogP contribution is -1.99. The monoisotopic (exact) mass is 322 g/mol. The molecule has 2 heterocycles. The Hall–Kier alpha value is -1.03. The van der Waals surface area contributed by atoms with Crippen molar-refractivity contribution in [3.63, 3.8) is 0 Å². The molecular weight excluding hydrogens is 308 g/mol. The van der Waals surface area contributed by atoms with Crippen LogP contribution in [0.3, 0.4) is 0 Å². The second-order valence-corrected chi connectivity index (χ2v) is 7.13. The standard InChI is InChI=1S/C16H15ClOS2/c1-3-18-12-5-4-10(2)8-11(12)16(17)15-9-14-13(20-15)6-7-19-14/h4-9,16H,3H2,1-2H3. The van der Waals surface area contributed by atoms with Gasteiger partial charge >= 0.3 is 0 Å². The lowest BCUT2D eigenvalue weighted by Gasteiger charge is -2.14. The number of thiophene rings is 2. The van der Waals surface area contributed by atoms with Crippen molar-refractivity contribution in [3.8, 4) is 5.75 Å². The molecule has 3 rings (SSSR count). The van der Waals surface area contributed by atoms with Gasteiger partial charge in [0, 0.05) is 19.8 Å². The molecule has 0 N–H and O–H groups in total. The zero-order valence-electron chi connectivity index (χ0n) is 11.4. The summed E-state index contributed by atoms with van der Waals surface area (Å²) in [5.74, 6) is 0.884. The van der Waals surface area contributed by atoms with Gasteiger partial charge in [-0.2, -0.15) is 0 Å². The average molecular weight is 323 g/mol. The Morgan fingerprint density at radius 3 is 2.80 bits per heavy atom. The number of hydrogen-bond donors (Lipinski definition) is 0. The van der Waals surface area contributed by atoms with Crippen molar-refractivity contribution >= 4 is 43.7 Å². The van der Waals surface area contributed by atoms with Crippen LogP contribution in [-0.4, -0.2) is 6.61 Å². The van der Waals surface area contributed by atoms with Crippen molar-refractivity contribution in [2.45, 2.75) is 19.2 Å². The van der Waals surface area contributed by atoms with Gasteiger partial charge in [-0.15, -0.1) is 34.3 Å². The zero-order chi connectivity index (χ0) is 14.1. The van der Waals surface area contributed by atoms with E-state index in [9.17, 15) is 0 Å². The molecule has 1 atom stereocenters. The molecule has 0 saturated heterocycles. The highest BCUT2D eigenvalue weighted by Gasteiger charge is 2.19. The lowest BCUT2D eigenvalue weighted by atomic mass is 10.1. The van der Waals surface area contributed by atoms with Gasteiger partial charge in [0.1, 0.15) is 5.75 Å². The SMILES string of the molecule is CCOc1ccc(C)cc1C(Cl)c1cc2sccc2s1. The minimum absolute atomic E-state index is 0.152. The molecular formula is C16H15ClOS2. The fourth-order valence-electron chi connectivity index (χ4n) is 2.22. The average Bonchev–Trinajstić information content (AvgIpc) is 3.01. The third kappa shape index (κ3) is 2.58. The van der Waals surface area contributed by atoms with E-state index in [4.69, 9.17) is 16.3 Å². The third-order valence-electron chi connectivity index (χ3n) is 3.15. The number of benzene rings is 1. The maximum Gasteiger partial charge on any atom is 0.124 e. The summed E-state index contributed by atoms with van der Waals surface area (Å²) in [5, 5.41) is 1.97. The Balaban J connectivity index is 2.02. The molecule has 1 unspecified atom stereocenters. The number of aryl methyl sites for hydroxylation is 1. The second kappa shape index (κ2) is 5.76. The first-order valence-electron chi connectivity index (χ1n) is 6.53. The quantitative estimate of drug-likeness (QED) is 0.535. The van der Waals surface area contributed by atoms with Gasteiger partial charge in [0.05, 0.1) is 12.0 Å². The van der Waals surface area contributed by atoms with E-state index in [2.05, 4.69) is 36.6 Å². The Kier molecular flexibility index (Phi) is 4.01. The summed E-state index contributed by atoms with van der Waals surface area (Å²) >= 11 is 10.2. The Morgan fingerprint density at radius 1 is 1.20 bits per heavy atom. The van der Waals surface area contributed by atoms with Gasteiger partial charge in [0.25, 0.3) is 0 Å². The van der Waals surface area contributed by atoms with Gasteiger partial charge in [0.15, 0.2) is 0 Å². The topological polar surface area (TPSA) is 9.23 Å². The summed E-state index contributed by atoms with van der Waals surface area (Å²) in [6.45, 7) is 4.73. The van der Waals surface area contributed by atoms with Crippen LogP contribution < -0.4 is 4.74 Å². The summed E-state index contributed by atoms with van der Waals surface area (Å²) in [4.78, 5) is 1.18. The number of fused-ring (bicyclic) bond motifs is 1. The molecule has 0 saturated carbocycles. The van der Waals surface area contributed by atoms with Crippen LogP contribution in [0, 0.1) is 6.92 Å². The van der Waals surface area contributed by atoms with Gasteiger partial charge in [0.2, 0.25) is 0 Å². The van der Waals surface area contributed by atoms with E-state index >= 15 is 0 Å². The Morgan fingerprint density at radius 2 is 2.05 bits per heavy atom. The van der Waals surface area contributed by atoms with Crippen LogP contribution in [0.1, 0.15) is 28.3 Å². The van der Waals surface area contributed by atoms with E-state index in [1.54, 1.807) is 22.7 Å². The first kappa shape index (κ1) is 13.9. The number of alkyl halides is 1. The van der Waals surface area contributed by atoms with Gasteiger partial charge in [-0.05, 0) is 37.4 Å². The Labute approximate surface area is 131 Å². The fraction of sp³-hybridized carbons (Fsp3) is 0.250. The number of rotatable bonds is 4. The second-order valence-electron chi connectivity index (χ2n) is 4.63. The van der Waals surface area contributed by atoms with Gasteiger partial charge in [-0.25, -0.2) is 0 Å². The van der Waals surface area contributed by atoms with Crippen LogP contribution in [0.2, 0.25) is 0 Å². The first-order chi connectivity index (χ1) is 9.69. The number of halogens is 1. The van der Waals surface area contributed by atoms with E-state index in [0.29, 0.717) is 6.61 Å². The highest BCUT2D eigenvalue weighted by atomic mass is 35.5. The zero-order valence-corrected chi connectivity index (χ0v) is 13.7. The minimum Gasteiger partial charge on any atom is -0.494 e. The summed E-state index contributed by atoms with van der Waals surface area (Å²) in [6, 6.07) is 10.5.